The number of imide groups is 1. The molecule has 0 aromatic heterocycles. The normalized spacial score (nSPS) is 18.5. The number of methoxy groups -OCH3 is 1. The second kappa shape index (κ2) is 10.5. The van der Waals surface area contributed by atoms with E-state index in [0.29, 0.717) is 17.9 Å². The molecule has 7 nitrogen and oxygen atoms in total. The summed E-state index contributed by atoms with van der Waals surface area (Å²) in [6.45, 7) is 0.140. The molecule has 8 heteroatoms. The predicted octanol–water partition coefficient (Wildman–Crippen LogP) is 5.06. The number of hydrogen-bond acceptors (Lipinski definition) is 5. The Morgan fingerprint density at radius 1 is 0.973 bits per heavy atom. The molecular formula is C29H30N2O5S. The minimum Gasteiger partial charge on any atom is -0.497 e. The van der Waals surface area contributed by atoms with E-state index in [9.17, 15) is 18.0 Å². The van der Waals surface area contributed by atoms with Gasteiger partial charge in [0.1, 0.15) is 11.8 Å². The van der Waals surface area contributed by atoms with Gasteiger partial charge >= 0.3 is 0 Å². The van der Waals surface area contributed by atoms with Crippen molar-refractivity contribution in [2.75, 3.05) is 18.6 Å². The lowest BCUT2D eigenvalue weighted by atomic mass is 9.97. The van der Waals surface area contributed by atoms with Crippen LogP contribution in [0.4, 0.5) is 5.69 Å². The van der Waals surface area contributed by atoms with Crippen LogP contribution in [-0.2, 0) is 19.6 Å². The number of fused-ring (bicyclic) bond motifs is 1. The fourth-order valence-electron chi connectivity index (χ4n) is 5.14. The van der Waals surface area contributed by atoms with Crippen LogP contribution >= 0.6 is 0 Å². The SMILES string of the molecule is COc1ccc(N2C(=O)CC(N(CCC3=CCCCC3)S(=O)(=O)c3ccc4ccccc4c3)C2=O)cc1. The first-order valence-electron chi connectivity index (χ1n) is 12.6. The number of carbonyl (C=O) groups is 2. The minimum atomic E-state index is -4.06. The van der Waals surface area contributed by atoms with Crippen molar-refractivity contribution in [3.8, 4) is 5.75 Å². The third-order valence-corrected chi connectivity index (χ3v) is 9.07. The Morgan fingerprint density at radius 2 is 1.73 bits per heavy atom. The van der Waals surface area contributed by atoms with E-state index in [1.807, 2.05) is 24.3 Å². The molecule has 2 aliphatic rings. The second-order valence-corrected chi connectivity index (χ2v) is 11.4. The molecule has 1 aliphatic heterocycles. The molecule has 1 unspecified atom stereocenters. The van der Waals surface area contributed by atoms with E-state index in [-0.39, 0.29) is 17.9 Å². The zero-order valence-corrected chi connectivity index (χ0v) is 21.6. The number of anilines is 1. The standard InChI is InChI=1S/C29H30N2O5S/c1-36-25-14-12-24(13-15-25)31-28(32)20-27(29(31)33)30(18-17-21-7-3-2-4-8-21)37(34,35)26-16-11-22-9-5-6-10-23(22)19-26/h5-7,9-16,19,27H,2-4,8,17-18,20H2,1H3. The van der Waals surface area contributed by atoms with E-state index < -0.39 is 27.9 Å². The van der Waals surface area contributed by atoms with E-state index in [2.05, 4.69) is 6.08 Å². The van der Waals surface area contributed by atoms with Gasteiger partial charge in [0.15, 0.2) is 0 Å². The summed E-state index contributed by atoms with van der Waals surface area (Å²) < 4.78 is 34.5. The number of hydrogen-bond donors (Lipinski definition) is 0. The van der Waals surface area contributed by atoms with Crippen molar-refractivity contribution in [2.24, 2.45) is 0 Å². The van der Waals surface area contributed by atoms with Crippen LogP contribution < -0.4 is 9.64 Å². The van der Waals surface area contributed by atoms with Crippen molar-refractivity contribution in [3.63, 3.8) is 0 Å². The van der Waals surface area contributed by atoms with E-state index in [0.717, 1.165) is 41.4 Å². The number of sulfonamides is 1. The van der Waals surface area contributed by atoms with Gasteiger partial charge in [-0.25, -0.2) is 13.3 Å². The topological polar surface area (TPSA) is 84.0 Å². The molecule has 37 heavy (non-hydrogen) atoms. The summed E-state index contributed by atoms with van der Waals surface area (Å²) in [7, 11) is -2.53. The highest BCUT2D eigenvalue weighted by molar-refractivity contribution is 7.89. The molecule has 1 heterocycles. The molecule has 1 aliphatic carbocycles. The van der Waals surface area contributed by atoms with Gasteiger partial charge in [0.25, 0.3) is 5.91 Å². The molecule has 0 saturated carbocycles. The summed E-state index contributed by atoms with van der Waals surface area (Å²) in [5.41, 5.74) is 1.60. The Morgan fingerprint density at radius 3 is 2.43 bits per heavy atom. The van der Waals surface area contributed by atoms with Gasteiger partial charge in [0, 0.05) is 6.54 Å². The number of rotatable bonds is 8. The maximum Gasteiger partial charge on any atom is 0.252 e. The number of nitrogens with zero attached hydrogens (tertiary/aromatic N) is 2. The van der Waals surface area contributed by atoms with E-state index in [1.165, 1.54) is 17.0 Å². The van der Waals surface area contributed by atoms with Crippen LogP contribution in [0.25, 0.3) is 10.8 Å². The van der Waals surface area contributed by atoms with Gasteiger partial charge in [-0.2, -0.15) is 4.31 Å². The van der Waals surface area contributed by atoms with E-state index in [4.69, 9.17) is 4.74 Å². The van der Waals surface area contributed by atoms with Crippen LogP contribution in [-0.4, -0.2) is 44.2 Å². The maximum absolute atomic E-state index is 14.0. The van der Waals surface area contributed by atoms with Gasteiger partial charge in [-0.15, -0.1) is 0 Å². The third kappa shape index (κ3) is 5.04. The van der Waals surface area contributed by atoms with Gasteiger partial charge < -0.3 is 4.74 Å². The molecule has 1 atom stereocenters. The van der Waals surface area contributed by atoms with Crippen LogP contribution in [0, 0.1) is 0 Å². The van der Waals surface area contributed by atoms with Crippen LogP contribution in [0.5, 0.6) is 5.75 Å². The first-order chi connectivity index (χ1) is 17.9. The molecule has 2 amide bonds. The number of carbonyl (C=O) groups excluding carboxylic acids is 2. The summed E-state index contributed by atoms with van der Waals surface area (Å²) >= 11 is 0. The summed E-state index contributed by atoms with van der Waals surface area (Å²) in [5, 5.41) is 1.73. The van der Waals surface area contributed by atoms with Crippen molar-refractivity contribution in [1.29, 1.82) is 0 Å². The molecule has 1 fully saturated rings. The maximum atomic E-state index is 14.0. The Balaban J connectivity index is 1.50. The predicted molar refractivity (Wildman–Crippen MR) is 143 cm³/mol. The van der Waals surface area contributed by atoms with Gasteiger partial charge in [-0.05, 0) is 79.3 Å². The highest BCUT2D eigenvalue weighted by Gasteiger charge is 2.46. The lowest BCUT2D eigenvalue weighted by Gasteiger charge is -2.28. The quantitative estimate of drug-likeness (QED) is 0.307. The average molecular weight is 519 g/mol. The number of allylic oxidation sites excluding steroid dienone is 1. The highest BCUT2D eigenvalue weighted by atomic mass is 32.2. The summed E-state index contributed by atoms with van der Waals surface area (Å²) in [6, 6.07) is 18.0. The molecule has 192 valence electrons. The monoisotopic (exact) mass is 518 g/mol. The van der Waals surface area contributed by atoms with Crippen molar-refractivity contribution in [2.45, 2.75) is 49.5 Å². The Labute approximate surface area is 217 Å². The lowest BCUT2D eigenvalue weighted by Crippen LogP contribution is -2.46. The van der Waals surface area contributed by atoms with Crippen molar-refractivity contribution < 1.29 is 22.7 Å². The van der Waals surface area contributed by atoms with E-state index >= 15 is 0 Å². The van der Waals surface area contributed by atoms with Crippen LogP contribution in [0.3, 0.4) is 0 Å². The Kier molecular flexibility index (Phi) is 7.13. The Bertz CT molecular complexity index is 1460. The molecule has 5 rings (SSSR count). The van der Waals surface area contributed by atoms with Crippen LogP contribution in [0.15, 0.2) is 83.3 Å². The zero-order valence-electron chi connectivity index (χ0n) is 20.8. The lowest BCUT2D eigenvalue weighted by molar-refractivity contribution is -0.122. The van der Waals surface area contributed by atoms with Gasteiger partial charge in [-0.3, -0.25) is 9.59 Å². The number of ether oxygens (including phenoxy) is 1. The fourth-order valence-corrected chi connectivity index (χ4v) is 6.75. The zero-order chi connectivity index (χ0) is 26.0. The highest BCUT2D eigenvalue weighted by Crippen LogP contribution is 2.32. The first-order valence-corrected chi connectivity index (χ1v) is 14.0. The third-order valence-electron chi connectivity index (χ3n) is 7.17. The Hall–Kier alpha value is -3.49. The molecule has 3 aromatic carbocycles. The van der Waals surface area contributed by atoms with Gasteiger partial charge in [0.2, 0.25) is 15.9 Å². The fraction of sp³-hybridized carbons (Fsp3) is 0.310. The van der Waals surface area contributed by atoms with Crippen molar-refractivity contribution in [1.82, 2.24) is 4.31 Å². The smallest absolute Gasteiger partial charge is 0.252 e. The van der Waals surface area contributed by atoms with Gasteiger partial charge in [-0.1, -0.05) is 42.0 Å². The average Bonchev–Trinajstić information content (AvgIpc) is 3.22. The van der Waals surface area contributed by atoms with Gasteiger partial charge in [0.05, 0.1) is 24.1 Å². The molecular weight excluding hydrogens is 488 g/mol. The molecule has 1 saturated heterocycles. The van der Waals surface area contributed by atoms with Crippen LogP contribution in [0.2, 0.25) is 0 Å². The molecule has 0 radical (unpaired) electrons. The largest absolute Gasteiger partial charge is 0.497 e. The van der Waals surface area contributed by atoms with Crippen molar-refractivity contribution in [3.05, 3.63) is 78.4 Å². The minimum absolute atomic E-state index is 0.118. The second-order valence-electron chi connectivity index (χ2n) is 9.47. The van der Waals surface area contributed by atoms with E-state index in [1.54, 1.807) is 42.5 Å². The first kappa shape index (κ1) is 25.2. The molecule has 0 spiro atoms. The number of amides is 2. The van der Waals surface area contributed by atoms with Crippen molar-refractivity contribution >= 4 is 38.3 Å². The molecule has 0 N–H and O–H groups in total. The van der Waals surface area contributed by atoms with Crippen LogP contribution in [0.1, 0.15) is 38.5 Å². The number of benzene rings is 3. The summed E-state index contributed by atoms with van der Waals surface area (Å²) in [6.07, 6.45) is 6.64. The molecule has 3 aromatic rings. The summed E-state index contributed by atoms with van der Waals surface area (Å²) in [5.74, 6) is -0.353. The molecule has 0 bridgehead atoms. The summed E-state index contributed by atoms with van der Waals surface area (Å²) in [4.78, 5) is 27.9.